The molecular weight excluding hydrogens is 316 g/mol. The lowest BCUT2D eigenvalue weighted by molar-refractivity contribution is 0.210. The minimum atomic E-state index is 0.262. The molecular formula is C16H25BrN2O. The highest BCUT2D eigenvalue weighted by Crippen LogP contribution is 2.30. The van der Waals surface area contributed by atoms with Gasteiger partial charge in [-0.1, -0.05) is 29.8 Å². The molecule has 0 aliphatic carbocycles. The van der Waals surface area contributed by atoms with Crippen molar-refractivity contribution in [3.8, 4) is 5.75 Å². The third kappa shape index (κ3) is 4.21. The van der Waals surface area contributed by atoms with Gasteiger partial charge in [0.25, 0.3) is 0 Å². The summed E-state index contributed by atoms with van der Waals surface area (Å²) >= 11 is 3.51. The molecule has 1 aromatic rings. The van der Waals surface area contributed by atoms with E-state index in [9.17, 15) is 0 Å². The molecule has 1 N–H and O–H groups in total. The number of fused-ring (bicyclic) bond motifs is 1. The summed E-state index contributed by atoms with van der Waals surface area (Å²) in [6.45, 7) is 10.9. The van der Waals surface area contributed by atoms with Crippen molar-refractivity contribution in [3.63, 3.8) is 0 Å². The summed E-state index contributed by atoms with van der Waals surface area (Å²) in [5.74, 6) is 1.04. The maximum absolute atomic E-state index is 5.97. The van der Waals surface area contributed by atoms with E-state index in [0.717, 1.165) is 42.8 Å². The van der Waals surface area contributed by atoms with E-state index in [1.54, 1.807) is 0 Å². The van der Waals surface area contributed by atoms with Crippen LogP contribution in [-0.2, 0) is 6.42 Å². The molecule has 2 atom stereocenters. The van der Waals surface area contributed by atoms with Crippen LogP contribution in [0.4, 0.5) is 0 Å². The van der Waals surface area contributed by atoms with E-state index in [-0.39, 0.29) is 6.10 Å². The summed E-state index contributed by atoms with van der Waals surface area (Å²) in [6.07, 6.45) is 1.26. The predicted octanol–water partition coefficient (Wildman–Crippen LogP) is 3.07. The van der Waals surface area contributed by atoms with Crippen molar-refractivity contribution in [2.45, 2.75) is 39.3 Å². The van der Waals surface area contributed by atoms with Gasteiger partial charge in [-0.15, -0.1) is 0 Å². The van der Waals surface area contributed by atoms with Crippen molar-refractivity contribution >= 4 is 15.9 Å². The number of likely N-dealkylation sites (N-methyl/N-ethyl adjacent to an activating group) is 1. The molecule has 4 heteroatoms. The molecule has 3 nitrogen and oxygen atoms in total. The van der Waals surface area contributed by atoms with Crippen LogP contribution in [-0.4, -0.2) is 43.2 Å². The van der Waals surface area contributed by atoms with Gasteiger partial charge < -0.3 is 15.0 Å². The average Bonchev–Trinajstić information content (AvgIpc) is 2.84. The second-order valence-corrected chi connectivity index (χ2v) is 6.41. The Morgan fingerprint density at radius 1 is 1.40 bits per heavy atom. The number of ether oxygens (including phenoxy) is 1. The third-order valence-electron chi connectivity index (χ3n) is 3.88. The van der Waals surface area contributed by atoms with Gasteiger partial charge in [0.2, 0.25) is 0 Å². The molecule has 112 valence electrons. The molecule has 1 heterocycles. The molecule has 0 aromatic heterocycles. The highest BCUT2D eigenvalue weighted by Gasteiger charge is 2.23. The van der Waals surface area contributed by atoms with E-state index in [0.29, 0.717) is 6.04 Å². The summed E-state index contributed by atoms with van der Waals surface area (Å²) in [7, 11) is 0. The first kappa shape index (κ1) is 15.8. The number of benzene rings is 1. The van der Waals surface area contributed by atoms with Crippen LogP contribution in [0.2, 0.25) is 0 Å². The van der Waals surface area contributed by atoms with Crippen LogP contribution in [0, 0.1) is 0 Å². The van der Waals surface area contributed by atoms with E-state index < -0.39 is 0 Å². The molecule has 0 bridgehead atoms. The average molecular weight is 341 g/mol. The Morgan fingerprint density at radius 2 is 2.15 bits per heavy atom. The van der Waals surface area contributed by atoms with E-state index in [4.69, 9.17) is 4.74 Å². The second-order valence-electron chi connectivity index (χ2n) is 5.49. The number of rotatable bonds is 7. The SMILES string of the molecule is CCN(CC)CC(C)NCC1Cc2cc(Br)ccc2O1. The molecule has 0 radical (unpaired) electrons. The Morgan fingerprint density at radius 3 is 2.85 bits per heavy atom. The van der Waals surface area contributed by atoms with Crippen molar-refractivity contribution in [1.82, 2.24) is 10.2 Å². The van der Waals surface area contributed by atoms with Crippen LogP contribution in [0.25, 0.3) is 0 Å². The van der Waals surface area contributed by atoms with E-state index in [2.05, 4.69) is 59.1 Å². The van der Waals surface area contributed by atoms with Gasteiger partial charge in [-0.3, -0.25) is 0 Å². The second kappa shape index (κ2) is 7.43. The van der Waals surface area contributed by atoms with Gasteiger partial charge in [-0.25, -0.2) is 0 Å². The quantitative estimate of drug-likeness (QED) is 0.825. The van der Waals surface area contributed by atoms with Crippen LogP contribution in [0.3, 0.4) is 0 Å². The molecule has 0 amide bonds. The van der Waals surface area contributed by atoms with Gasteiger partial charge >= 0.3 is 0 Å². The first-order valence-electron chi connectivity index (χ1n) is 7.53. The van der Waals surface area contributed by atoms with Gasteiger partial charge in [0.05, 0.1) is 0 Å². The number of hydrogen-bond acceptors (Lipinski definition) is 3. The van der Waals surface area contributed by atoms with Crippen LogP contribution in [0.5, 0.6) is 5.75 Å². The number of halogens is 1. The standard InChI is InChI=1S/C16H25BrN2O/c1-4-19(5-2)11-12(3)18-10-15-9-13-8-14(17)6-7-16(13)20-15/h6-8,12,15,18H,4-5,9-11H2,1-3H3. The lowest BCUT2D eigenvalue weighted by atomic mass is 10.1. The fourth-order valence-electron chi connectivity index (χ4n) is 2.67. The molecule has 0 spiro atoms. The zero-order valence-electron chi connectivity index (χ0n) is 12.7. The smallest absolute Gasteiger partial charge is 0.123 e. The van der Waals surface area contributed by atoms with Crippen LogP contribution in [0.15, 0.2) is 22.7 Å². The van der Waals surface area contributed by atoms with Crippen molar-refractivity contribution in [2.24, 2.45) is 0 Å². The number of nitrogens with one attached hydrogen (secondary N) is 1. The molecule has 1 aromatic carbocycles. The normalized spacial score (nSPS) is 18.9. The lowest BCUT2D eigenvalue weighted by Crippen LogP contribution is -2.42. The van der Waals surface area contributed by atoms with E-state index in [1.807, 2.05) is 6.07 Å². The zero-order valence-corrected chi connectivity index (χ0v) is 14.2. The summed E-state index contributed by atoms with van der Waals surface area (Å²) in [6, 6.07) is 6.75. The Balaban J connectivity index is 1.76. The van der Waals surface area contributed by atoms with E-state index in [1.165, 1.54) is 5.56 Å². The molecule has 20 heavy (non-hydrogen) atoms. The number of nitrogens with zero attached hydrogens (tertiary/aromatic N) is 1. The van der Waals surface area contributed by atoms with Crippen molar-refractivity contribution < 1.29 is 4.74 Å². The first-order valence-corrected chi connectivity index (χ1v) is 8.32. The summed E-state index contributed by atoms with van der Waals surface area (Å²) in [5.41, 5.74) is 1.31. The highest BCUT2D eigenvalue weighted by atomic mass is 79.9. The lowest BCUT2D eigenvalue weighted by Gasteiger charge is -2.24. The van der Waals surface area contributed by atoms with Crippen LogP contribution in [0.1, 0.15) is 26.3 Å². The Bertz CT molecular complexity index is 434. The van der Waals surface area contributed by atoms with Gasteiger partial charge in [0.1, 0.15) is 11.9 Å². The van der Waals surface area contributed by atoms with Gasteiger partial charge in [-0.05, 0) is 43.8 Å². The van der Waals surface area contributed by atoms with Crippen LogP contribution < -0.4 is 10.1 Å². The Kier molecular flexibility index (Phi) is 5.87. The van der Waals surface area contributed by atoms with Gasteiger partial charge in [0.15, 0.2) is 0 Å². The molecule has 1 aliphatic heterocycles. The first-order chi connectivity index (χ1) is 9.62. The predicted molar refractivity (Wildman–Crippen MR) is 87.5 cm³/mol. The Hall–Kier alpha value is -0.580. The molecule has 1 aliphatic rings. The Labute approximate surface area is 130 Å². The molecule has 0 fully saturated rings. The summed E-state index contributed by atoms with van der Waals surface area (Å²) < 4.78 is 7.10. The summed E-state index contributed by atoms with van der Waals surface area (Å²) in [5, 5.41) is 3.59. The maximum Gasteiger partial charge on any atom is 0.123 e. The third-order valence-corrected chi connectivity index (χ3v) is 4.38. The monoisotopic (exact) mass is 340 g/mol. The van der Waals surface area contributed by atoms with E-state index >= 15 is 0 Å². The maximum atomic E-state index is 5.97. The topological polar surface area (TPSA) is 24.5 Å². The van der Waals surface area contributed by atoms with Crippen molar-refractivity contribution in [2.75, 3.05) is 26.2 Å². The fraction of sp³-hybridized carbons (Fsp3) is 0.625. The number of hydrogen-bond donors (Lipinski definition) is 1. The molecule has 0 saturated carbocycles. The van der Waals surface area contributed by atoms with Crippen molar-refractivity contribution in [3.05, 3.63) is 28.2 Å². The molecule has 0 saturated heterocycles. The highest BCUT2D eigenvalue weighted by molar-refractivity contribution is 9.10. The summed E-state index contributed by atoms with van der Waals surface area (Å²) in [4.78, 5) is 2.44. The minimum Gasteiger partial charge on any atom is -0.488 e. The van der Waals surface area contributed by atoms with Crippen molar-refractivity contribution in [1.29, 1.82) is 0 Å². The van der Waals surface area contributed by atoms with Gasteiger partial charge in [-0.2, -0.15) is 0 Å². The van der Waals surface area contributed by atoms with Gasteiger partial charge in [0, 0.05) is 30.0 Å². The zero-order chi connectivity index (χ0) is 14.5. The molecule has 2 rings (SSSR count). The minimum absolute atomic E-state index is 0.262. The fourth-order valence-corrected chi connectivity index (χ4v) is 3.08. The largest absolute Gasteiger partial charge is 0.488 e. The molecule has 2 unspecified atom stereocenters. The van der Waals surface area contributed by atoms with Crippen LogP contribution >= 0.6 is 15.9 Å².